The Balaban J connectivity index is 2.56. The van der Waals surface area contributed by atoms with Crippen LogP contribution in [0.1, 0.15) is 12.1 Å². The third-order valence-electron chi connectivity index (χ3n) is 2.12. The molecule has 0 radical (unpaired) electrons. The first-order chi connectivity index (χ1) is 8.06. The molecule has 6 heteroatoms. The predicted octanol–water partition coefficient (Wildman–Crippen LogP) is 2.51. The second-order valence-corrected chi connectivity index (χ2v) is 3.34. The standard InChI is InChI=1S/C11H7F3N2O/c12-7-3-1-2-6(4-7)8-5-9(10(13)14)16-11(17)15-8/h1-5,10H,(H,15,16,17). The molecule has 1 aromatic heterocycles. The van der Waals surface area contributed by atoms with Gasteiger partial charge in [-0.2, -0.15) is 4.98 Å². The molecule has 0 bridgehead atoms. The van der Waals surface area contributed by atoms with Gasteiger partial charge in [-0.15, -0.1) is 0 Å². The number of alkyl halides is 2. The quantitative estimate of drug-likeness (QED) is 0.876. The van der Waals surface area contributed by atoms with Crippen molar-refractivity contribution in [2.24, 2.45) is 0 Å². The minimum atomic E-state index is -2.81. The molecule has 2 rings (SSSR count). The van der Waals surface area contributed by atoms with E-state index in [4.69, 9.17) is 0 Å². The van der Waals surface area contributed by atoms with Crippen LogP contribution in [0.4, 0.5) is 13.2 Å². The number of halogens is 3. The number of hydrogen-bond donors (Lipinski definition) is 1. The van der Waals surface area contributed by atoms with E-state index in [-0.39, 0.29) is 11.3 Å². The van der Waals surface area contributed by atoms with Crippen molar-refractivity contribution < 1.29 is 13.2 Å². The molecule has 88 valence electrons. The highest BCUT2D eigenvalue weighted by Crippen LogP contribution is 2.21. The van der Waals surface area contributed by atoms with Crippen molar-refractivity contribution >= 4 is 0 Å². The van der Waals surface area contributed by atoms with Crippen LogP contribution in [0.25, 0.3) is 11.3 Å². The van der Waals surface area contributed by atoms with Gasteiger partial charge in [0.1, 0.15) is 5.82 Å². The first-order valence-electron chi connectivity index (χ1n) is 4.71. The molecular formula is C11H7F3N2O. The molecule has 3 nitrogen and oxygen atoms in total. The Morgan fingerprint density at radius 3 is 2.65 bits per heavy atom. The molecule has 0 saturated carbocycles. The number of nitrogens with zero attached hydrogens (tertiary/aromatic N) is 1. The minimum Gasteiger partial charge on any atom is -0.304 e. The lowest BCUT2D eigenvalue weighted by Gasteiger charge is -2.03. The average Bonchev–Trinajstić information content (AvgIpc) is 2.28. The zero-order valence-electron chi connectivity index (χ0n) is 8.45. The maximum absolute atomic E-state index is 13.0. The van der Waals surface area contributed by atoms with Crippen LogP contribution in [-0.4, -0.2) is 9.97 Å². The van der Waals surface area contributed by atoms with Gasteiger partial charge in [-0.1, -0.05) is 12.1 Å². The minimum absolute atomic E-state index is 0.0172. The molecule has 0 aliphatic carbocycles. The Morgan fingerprint density at radius 1 is 1.24 bits per heavy atom. The summed E-state index contributed by atoms with van der Waals surface area (Å²) in [5.74, 6) is -0.525. The summed E-state index contributed by atoms with van der Waals surface area (Å²) in [6.07, 6.45) is -2.81. The van der Waals surface area contributed by atoms with Crippen LogP contribution in [0.5, 0.6) is 0 Å². The van der Waals surface area contributed by atoms with Gasteiger partial charge in [-0.25, -0.2) is 18.0 Å². The van der Waals surface area contributed by atoms with Gasteiger partial charge in [-0.05, 0) is 18.2 Å². The van der Waals surface area contributed by atoms with Crippen molar-refractivity contribution in [1.29, 1.82) is 0 Å². The third kappa shape index (κ3) is 2.52. The summed E-state index contributed by atoms with van der Waals surface area (Å²) >= 11 is 0. The summed E-state index contributed by atoms with van der Waals surface area (Å²) in [5, 5.41) is 0. The molecule has 0 spiro atoms. The van der Waals surface area contributed by atoms with Crippen molar-refractivity contribution in [3.63, 3.8) is 0 Å². The fourth-order valence-electron chi connectivity index (χ4n) is 1.39. The molecule has 2 aromatic rings. The lowest BCUT2D eigenvalue weighted by atomic mass is 10.1. The van der Waals surface area contributed by atoms with Crippen LogP contribution >= 0.6 is 0 Å². The van der Waals surface area contributed by atoms with Crippen LogP contribution in [-0.2, 0) is 0 Å². The first-order valence-corrected chi connectivity index (χ1v) is 4.71. The largest absolute Gasteiger partial charge is 0.345 e. The fourth-order valence-corrected chi connectivity index (χ4v) is 1.39. The number of nitrogens with one attached hydrogen (secondary N) is 1. The van der Waals surface area contributed by atoms with Crippen LogP contribution < -0.4 is 5.69 Å². The van der Waals surface area contributed by atoms with Crippen LogP contribution in [0.15, 0.2) is 35.1 Å². The maximum Gasteiger partial charge on any atom is 0.345 e. The van der Waals surface area contributed by atoms with Crippen molar-refractivity contribution in [3.8, 4) is 11.3 Å². The van der Waals surface area contributed by atoms with E-state index in [9.17, 15) is 18.0 Å². The number of hydrogen-bond acceptors (Lipinski definition) is 2. The smallest absolute Gasteiger partial charge is 0.304 e. The van der Waals surface area contributed by atoms with Crippen LogP contribution in [0, 0.1) is 5.82 Å². The lowest BCUT2D eigenvalue weighted by molar-refractivity contribution is 0.145. The normalized spacial score (nSPS) is 10.8. The van der Waals surface area contributed by atoms with Gasteiger partial charge in [0.25, 0.3) is 6.43 Å². The molecule has 0 fully saturated rings. The zero-order chi connectivity index (χ0) is 12.4. The highest BCUT2D eigenvalue weighted by atomic mass is 19.3. The van der Waals surface area contributed by atoms with Crippen LogP contribution in [0.3, 0.4) is 0 Å². The lowest BCUT2D eigenvalue weighted by Crippen LogP contribution is -2.13. The average molecular weight is 240 g/mol. The van der Waals surface area contributed by atoms with Gasteiger partial charge in [0.05, 0.1) is 11.4 Å². The van der Waals surface area contributed by atoms with E-state index in [2.05, 4.69) is 4.98 Å². The molecule has 0 amide bonds. The van der Waals surface area contributed by atoms with Crippen LogP contribution in [0.2, 0.25) is 0 Å². The molecule has 17 heavy (non-hydrogen) atoms. The van der Waals surface area contributed by atoms with Gasteiger partial charge in [0, 0.05) is 5.56 Å². The van der Waals surface area contributed by atoms with E-state index in [1.807, 2.05) is 4.98 Å². The highest BCUT2D eigenvalue weighted by molar-refractivity contribution is 5.58. The van der Waals surface area contributed by atoms with Gasteiger partial charge in [-0.3, -0.25) is 0 Å². The van der Waals surface area contributed by atoms with Gasteiger partial charge < -0.3 is 4.98 Å². The molecule has 0 unspecified atom stereocenters. The predicted molar refractivity (Wildman–Crippen MR) is 55.2 cm³/mol. The summed E-state index contributed by atoms with van der Waals surface area (Å²) in [5.41, 5.74) is -1.13. The number of aromatic nitrogens is 2. The highest BCUT2D eigenvalue weighted by Gasteiger charge is 2.11. The summed E-state index contributed by atoms with van der Waals surface area (Å²) in [6, 6.07) is 6.26. The van der Waals surface area contributed by atoms with E-state index in [0.717, 1.165) is 12.1 Å². The Labute approximate surface area is 94.0 Å². The monoisotopic (exact) mass is 240 g/mol. The number of benzene rings is 1. The van der Waals surface area contributed by atoms with Gasteiger partial charge >= 0.3 is 5.69 Å². The molecule has 1 heterocycles. The number of H-pyrrole nitrogens is 1. The molecule has 1 N–H and O–H groups in total. The summed E-state index contributed by atoms with van der Waals surface area (Å²) in [4.78, 5) is 16.5. The molecule has 0 aliphatic heterocycles. The fraction of sp³-hybridized carbons (Fsp3) is 0.0909. The SMILES string of the molecule is O=c1nc(-c2cccc(F)c2)cc(C(F)F)[nH]1. The van der Waals surface area contributed by atoms with Crippen molar-refractivity contribution in [3.05, 3.63) is 52.3 Å². The van der Waals surface area contributed by atoms with E-state index < -0.39 is 23.6 Å². The van der Waals surface area contributed by atoms with Crippen molar-refractivity contribution in [2.75, 3.05) is 0 Å². The summed E-state index contributed by atoms with van der Waals surface area (Å²) in [7, 11) is 0. The molecule has 0 saturated heterocycles. The number of rotatable bonds is 2. The van der Waals surface area contributed by atoms with Crippen molar-refractivity contribution in [1.82, 2.24) is 9.97 Å². The third-order valence-corrected chi connectivity index (χ3v) is 2.12. The van der Waals surface area contributed by atoms with E-state index in [1.54, 1.807) is 0 Å². The Kier molecular flexibility index (Phi) is 2.95. The Morgan fingerprint density at radius 2 is 2.00 bits per heavy atom. The van der Waals surface area contributed by atoms with Crippen molar-refractivity contribution in [2.45, 2.75) is 6.43 Å². The molecule has 0 aliphatic rings. The van der Waals surface area contributed by atoms with Gasteiger partial charge in [0.2, 0.25) is 0 Å². The van der Waals surface area contributed by atoms with E-state index in [1.165, 1.54) is 18.2 Å². The Hall–Kier alpha value is -2.11. The number of aromatic amines is 1. The molecular weight excluding hydrogens is 233 g/mol. The van der Waals surface area contributed by atoms with E-state index in [0.29, 0.717) is 0 Å². The second kappa shape index (κ2) is 4.40. The van der Waals surface area contributed by atoms with Gasteiger partial charge in [0.15, 0.2) is 0 Å². The summed E-state index contributed by atoms with van der Waals surface area (Å²) in [6.45, 7) is 0. The molecule has 0 atom stereocenters. The van der Waals surface area contributed by atoms with E-state index >= 15 is 0 Å². The zero-order valence-corrected chi connectivity index (χ0v) is 8.45. The maximum atomic E-state index is 13.0. The first kappa shape index (κ1) is 11.4. The topological polar surface area (TPSA) is 45.8 Å². The Bertz CT molecular complexity index is 595. The molecule has 1 aromatic carbocycles. The summed E-state index contributed by atoms with van der Waals surface area (Å²) < 4.78 is 37.9. The second-order valence-electron chi connectivity index (χ2n) is 3.34.